The van der Waals surface area contributed by atoms with Crippen LogP contribution >= 0.6 is 44.2 Å². The fraction of sp³-hybridized carbons (Fsp3) is 0.500. The van der Waals surface area contributed by atoms with Crippen LogP contribution in [0.5, 0.6) is 0 Å². The largest absolute Gasteiger partial charge is 0.474 e. The molecule has 98 valence electrons. The molecule has 0 aliphatic heterocycles. The zero-order chi connectivity index (χ0) is 13.5. The molecule has 0 bridgehead atoms. The number of rotatable bonds is 3. The van der Waals surface area contributed by atoms with Crippen LogP contribution < -0.4 is 15.3 Å². The Hall–Kier alpha value is -0.700. The quantitative estimate of drug-likeness (QED) is 0.510. The first kappa shape index (κ1) is 16.3. The second kappa shape index (κ2) is 7.59. The molecule has 0 heterocycles. The van der Waals surface area contributed by atoms with Crippen molar-refractivity contribution in [1.29, 1.82) is 0 Å². The second-order valence-electron chi connectivity index (χ2n) is 2.42. The smallest absolute Gasteiger partial charge is 0.361 e. The highest BCUT2D eigenvalue weighted by Gasteiger charge is 2.26. The molecule has 0 saturated heterocycles. The third-order valence-corrected chi connectivity index (χ3v) is 4.12. The summed E-state index contributed by atoms with van der Waals surface area (Å²) in [6.45, 7) is 0. The maximum atomic E-state index is 12.3. The van der Waals surface area contributed by atoms with Crippen LogP contribution in [-0.4, -0.2) is 36.9 Å². The topological polar surface area (TPSA) is 80.9 Å². The van der Waals surface area contributed by atoms with Gasteiger partial charge in [-0.15, -0.1) is 0 Å². The van der Waals surface area contributed by atoms with Crippen LogP contribution in [0.3, 0.4) is 0 Å². The van der Waals surface area contributed by atoms with Crippen LogP contribution in [0.25, 0.3) is 0 Å². The van der Waals surface area contributed by atoms with Gasteiger partial charge in [0, 0.05) is 0 Å². The Morgan fingerprint density at radius 1 is 0.824 bits per heavy atom. The number of ether oxygens (including phenoxy) is 3. The Bertz CT molecular complexity index is 312. The van der Waals surface area contributed by atoms with Crippen LogP contribution in [0.1, 0.15) is 0 Å². The second-order valence-corrected chi connectivity index (χ2v) is 5.42. The predicted octanol–water partition coefficient (Wildman–Crippen LogP) is 0.657. The van der Waals surface area contributed by atoms with Crippen molar-refractivity contribution in [3.8, 4) is 0 Å². The van der Waals surface area contributed by atoms with E-state index in [2.05, 4.69) is 29.5 Å². The average molecular weight is 317 g/mol. The molecular weight excluding hydrogens is 305 g/mol. The van der Waals surface area contributed by atoms with Crippen molar-refractivity contribution in [1.82, 2.24) is 15.3 Å². The van der Waals surface area contributed by atoms with Gasteiger partial charge in [0.25, 0.3) is 15.5 Å². The highest BCUT2D eigenvalue weighted by Crippen LogP contribution is 2.30. The van der Waals surface area contributed by atoms with Crippen LogP contribution in [0.15, 0.2) is 0 Å². The van der Waals surface area contributed by atoms with Crippen molar-refractivity contribution >= 4 is 59.8 Å². The maximum Gasteiger partial charge on any atom is 0.361 e. The summed E-state index contributed by atoms with van der Waals surface area (Å²) in [5.41, 5.74) is 0. The Labute approximate surface area is 115 Å². The van der Waals surface area contributed by atoms with E-state index < -0.39 is 7.59 Å². The first-order chi connectivity index (χ1) is 7.86. The van der Waals surface area contributed by atoms with Gasteiger partial charge in [0.15, 0.2) is 0 Å². The molecule has 0 aliphatic rings. The number of thiocarbonyl (C=S) groups is 3. The average Bonchev–Trinajstić information content (AvgIpc) is 2.27. The molecule has 3 N–H and O–H groups in total. The third kappa shape index (κ3) is 6.57. The Balaban J connectivity index is 4.80. The summed E-state index contributed by atoms with van der Waals surface area (Å²) in [5, 5.41) is 6.83. The molecule has 0 atom stereocenters. The SMILES string of the molecule is COC(=S)NP(=O)(NC(=S)OC)NC(=S)OC. The molecular formula is C6H12N3O4PS3. The van der Waals surface area contributed by atoms with E-state index in [4.69, 9.17) is 36.7 Å². The van der Waals surface area contributed by atoms with Crippen molar-refractivity contribution in [3.05, 3.63) is 0 Å². The minimum Gasteiger partial charge on any atom is -0.474 e. The number of nitrogens with one attached hydrogen (secondary N) is 3. The summed E-state index contributed by atoms with van der Waals surface area (Å²) in [4.78, 5) is 0. The van der Waals surface area contributed by atoms with E-state index in [1.165, 1.54) is 21.3 Å². The van der Waals surface area contributed by atoms with Crippen LogP contribution in [0, 0.1) is 0 Å². The summed E-state index contributed by atoms with van der Waals surface area (Å²) >= 11 is 14.2. The molecule has 0 aromatic heterocycles. The lowest BCUT2D eigenvalue weighted by Gasteiger charge is -2.22. The summed E-state index contributed by atoms with van der Waals surface area (Å²) in [5.74, 6) is 0. The molecule has 0 aliphatic carbocycles. The molecule has 0 aromatic rings. The maximum absolute atomic E-state index is 12.3. The molecule has 0 radical (unpaired) electrons. The van der Waals surface area contributed by atoms with E-state index >= 15 is 0 Å². The Morgan fingerprint density at radius 2 is 1.06 bits per heavy atom. The molecule has 0 rings (SSSR count). The fourth-order valence-corrected chi connectivity index (χ4v) is 2.98. The van der Waals surface area contributed by atoms with Crippen molar-refractivity contribution in [3.63, 3.8) is 0 Å². The summed E-state index contributed by atoms with van der Waals surface area (Å²) in [6, 6.07) is 0. The van der Waals surface area contributed by atoms with Gasteiger partial charge < -0.3 is 14.2 Å². The number of hydrogen-bond donors (Lipinski definition) is 3. The van der Waals surface area contributed by atoms with E-state index in [1.54, 1.807) is 0 Å². The number of methoxy groups -OCH3 is 3. The van der Waals surface area contributed by atoms with Gasteiger partial charge >= 0.3 is 7.59 Å². The standard InChI is InChI=1S/C6H12N3O4PS3/c1-11-4(15)7-14(10,8-5(16)12-2)9-6(17)13-3/h1-3H3,(H3,7,8,9,10,15,16,17). The van der Waals surface area contributed by atoms with E-state index in [0.717, 1.165) is 0 Å². The summed E-state index contributed by atoms with van der Waals surface area (Å²) in [7, 11) is 0.481. The summed E-state index contributed by atoms with van der Waals surface area (Å²) in [6.07, 6.45) is 0. The predicted molar refractivity (Wildman–Crippen MR) is 75.8 cm³/mol. The van der Waals surface area contributed by atoms with Crippen LogP contribution in [-0.2, 0) is 18.8 Å². The van der Waals surface area contributed by atoms with Crippen molar-refractivity contribution in [2.75, 3.05) is 21.3 Å². The van der Waals surface area contributed by atoms with Crippen molar-refractivity contribution in [2.24, 2.45) is 0 Å². The Kier molecular flexibility index (Phi) is 7.28. The molecule has 0 aromatic carbocycles. The first-order valence-corrected chi connectivity index (χ1v) is 6.98. The molecule has 0 fully saturated rings. The highest BCUT2D eigenvalue weighted by molar-refractivity contribution is 7.83. The van der Waals surface area contributed by atoms with E-state index in [9.17, 15) is 4.57 Å². The molecule has 7 nitrogen and oxygen atoms in total. The van der Waals surface area contributed by atoms with Crippen molar-refractivity contribution in [2.45, 2.75) is 0 Å². The molecule has 0 saturated carbocycles. The summed E-state index contributed by atoms with van der Waals surface area (Å²) < 4.78 is 26.3. The normalized spacial score (nSPS) is 9.82. The van der Waals surface area contributed by atoms with E-state index in [-0.39, 0.29) is 15.5 Å². The fourth-order valence-electron chi connectivity index (χ4n) is 0.606. The van der Waals surface area contributed by atoms with Gasteiger partial charge in [-0.1, -0.05) is 0 Å². The molecule has 11 heteroatoms. The Morgan fingerprint density at radius 3 is 1.24 bits per heavy atom. The van der Waals surface area contributed by atoms with Crippen molar-refractivity contribution < 1.29 is 18.8 Å². The number of hydrogen-bond acceptors (Lipinski definition) is 7. The highest BCUT2D eigenvalue weighted by atomic mass is 32.1. The molecule has 0 amide bonds. The van der Waals surface area contributed by atoms with Gasteiger partial charge in [0.2, 0.25) is 0 Å². The van der Waals surface area contributed by atoms with E-state index in [1.807, 2.05) is 0 Å². The van der Waals surface area contributed by atoms with Gasteiger partial charge in [-0.2, -0.15) is 0 Å². The third-order valence-electron chi connectivity index (χ3n) is 1.30. The first-order valence-electron chi connectivity index (χ1n) is 4.05. The minimum absolute atomic E-state index is 0.105. The van der Waals surface area contributed by atoms with Crippen LogP contribution in [0.2, 0.25) is 0 Å². The van der Waals surface area contributed by atoms with Gasteiger partial charge in [-0.25, -0.2) is 4.57 Å². The molecule has 0 spiro atoms. The lowest BCUT2D eigenvalue weighted by atomic mass is 11.3. The minimum atomic E-state index is -3.49. The van der Waals surface area contributed by atoms with Gasteiger partial charge in [0.05, 0.1) is 21.3 Å². The molecule has 17 heavy (non-hydrogen) atoms. The van der Waals surface area contributed by atoms with Gasteiger partial charge in [-0.3, -0.25) is 15.3 Å². The lowest BCUT2D eigenvalue weighted by molar-refractivity contribution is 0.392. The monoisotopic (exact) mass is 317 g/mol. The lowest BCUT2D eigenvalue weighted by Crippen LogP contribution is -2.40. The van der Waals surface area contributed by atoms with E-state index in [0.29, 0.717) is 0 Å². The molecule has 0 unspecified atom stereocenters. The van der Waals surface area contributed by atoms with Crippen LogP contribution in [0.4, 0.5) is 0 Å². The zero-order valence-electron chi connectivity index (χ0n) is 9.30. The van der Waals surface area contributed by atoms with Gasteiger partial charge in [-0.05, 0) is 36.7 Å². The zero-order valence-corrected chi connectivity index (χ0v) is 12.6. The van der Waals surface area contributed by atoms with Gasteiger partial charge in [0.1, 0.15) is 0 Å².